The second-order valence-electron chi connectivity index (χ2n) is 7.19. The Bertz CT molecular complexity index is 908. The van der Waals surface area contributed by atoms with Crippen LogP contribution in [-0.4, -0.2) is 35.5 Å². The summed E-state index contributed by atoms with van der Waals surface area (Å²) in [5.74, 6) is 0.00218. The monoisotopic (exact) mass is 382 g/mol. The maximum Gasteiger partial charge on any atom is 0.309 e. The fourth-order valence-electron chi connectivity index (χ4n) is 4.26. The van der Waals surface area contributed by atoms with Gasteiger partial charge in [0.1, 0.15) is 0 Å². The summed E-state index contributed by atoms with van der Waals surface area (Å²) in [6.45, 7) is 6.32. The van der Waals surface area contributed by atoms with Crippen LogP contribution in [0.25, 0.3) is 10.9 Å². The van der Waals surface area contributed by atoms with E-state index in [0.717, 1.165) is 25.9 Å². The molecule has 1 fully saturated rings. The van der Waals surface area contributed by atoms with Crippen LogP contribution in [0.15, 0.2) is 41.8 Å². The number of ether oxygens (including phenoxy) is 1. The minimum absolute atomic E-state index is 0.0342. The molecule has 0 spiro atoms. The van der Waals surface area contributed by atoms with Crippen molar-refractivity contribution in [3.05, 3.63) is 57.9 Å². The second-order valence-corrected chi connectivity index (χ2v) is 8.17. The van der Waals surface area contributed by atoms with Crippen molar-refractivity contribution >= 4 is 28.2 Å². The number of aromatic nitrogens is 1. The number of aryl methyl sites for hydroxylation is 1. The van der Waals surface area contributed by atoms with Crippen molar-refractivity contribution < 1.29 is 9.53 Å². The molecule has 0 bridgehead atoms. The molecule has 3 aromatic rings. The first kappa shape index (κ1) is 18.3. The molecule has 27 heavy (non-hydrogen) atoms. The van der Waals surface area contributed by atoms with Crippen molar-refractivity contribution in [3.63, 3.8) is 0 Å². The lowest BCUT2D eigenvalue weighted by Crippen LogP contribution is -2.39. The van der Waals surface area contributed by atoms with Crippen molar-refractivity contribution in [1.29, 1.82) is 0 Å². The smallest absolute Gasteiger partial charge is 0.309 e. The van der Waals surface area contributed by atoms with Crippen molar-refractivity contribution in [2.45, 2.75) is 32.7 Å². The molecule has 4 nitrogen and oxygen atoms in total. The van der Waals surface area contributed by atoms with Crippen LogP contribution >= 0.6 is 11.3 Å². The largest absolute Gasteiger partial charge is 0.466 e. The number of likely N-dealkylation sites (tertiary alicyclic amines) is 1. The van der Waals surface area contributed by atoms with E-state index in [-0.39, 0.29) is 17.9 Å². The van der Waals surface area contributed by atoms with E-state index in [9.17, 15) is 4.79 Å². The Labute approximate surface area is 164 Å². The molecule has 1 aliphatic rings. The number of fused-ring (bicyclic) bond motifs is 1. The minimum atomic E-state index is -0.0342. The lowest BCUT2D eigenvalue weighted by molar-refractivity contribution is -0.149. The molecule has 0 aliphatic carbocycles. The third-order valence-electron chi connectivity index (χ3n) is 5.54. The van der Waals surface area contributed by atoms with Crippen LogP contribution in [0, 0.1) is 12.8 Å². The molecule has 142 valence electrons. The van der Waals surface area contributed by atoms with E-state index in [2.05, 4.69) is 58.6 Å². The molecule has 1 saturated heterocycles. The Hall–Kier alpha value is -2.11. The second kappa shape index (κ2) is 7.87. The van der Waals surface area contributed by atoms with Gasteiger partial charge in [-0.25, -0.2) is 0 Å². The number of nitrogens with zero attached hydrogens (tertiary/aromatic N) is 1. The minimum Gasteiger partial charge on any atom is -0.466 e. The number of nitrogens with one attached hydrogen (secondary N) is 1. The summed E-state index contributed by atoms with van der Waals surface area (Å²) in [7, 11) is 0. The van der Waals surface area contributed by atoms with E-state index in [1.54, 1.807) is 0 Å². The van der Waals surface area contributed by atoms with Gasteiger partial charge in [0.2, 0.25) is 0 Å². The third-order valence-corrected chi connectivity index (χ3v) is 6.47. The number of benzene rings is 1. The number of piperidine rings is 1. The molecule has 1 atom stereocenters. The fraction of sp³-hybridized carbons (Fsp3) is 0.409. The van der Waals surface area contributed by atoms with Crippen LogP contribution in [0.2, 0.25) is 0 Å². The maximum atomic E-state index is 12.1. The van der Waals surface area contributed by atoms with E-state index in [1.807, 2.05) is 18.3 Å². The Morgan fingerprint density at radius 1 is 1.26 bits per heavy atom. The number of hydrogen-bond acceptors (Lipinski definition) is 4. The summed E-state index contributed by atoms with van der Waals surface area (Å²) in [4.78, 5) is 19.6. The average Bonchev–Trinajstić information content (AvgIpc) is 3.32. The maximum absolute atomic E-state index is 12.1. The number of esters is 1. The van der Waals surface area contributed by atoms with Crippen LogP contribution in [0.5, 0.6) is 0 Å². The molecule has 1 aliphatic heterocycles. The van der Waals surface area contributed by atoms with E-state index in [0.29, 0.717) is 6.61 Å². The van der Waals surface area contributed by atoms with Gasteiger partial charge in [-0.1, -0.05) is 24.3 Å². The standard InChI is InChI=1S/C22H26N2O2S/c1-3-26-22(25)16-10-12-24(13-11-16)21(19-9-6-14-27-19)20-15(2)23-18-8-5-4-7-17(18)20/h4-9,14,16,21,23H,3,10-13H2,1-2H3/t21-/m1/s1. The Morgan fingerprint density at radius 3 is 2.74 bits per heavy atom. The van der Waals surface area contributed by atoms with Gasteiger partial charge in [0.15, 0.2) is 0 Å². The number of carbonyl (C=O) groups excluding carboxylic acids is 1. The molecular weight excluding hydrogens is 356 g/mol. The molecular formula is C22H26N2O2S. The number of hydrogen-bond donors (Lipinski definition) is 1. The highest BCUT2D eigenvalue weighted by Gasteiger charge is 2.33. The zero-order valence-electron chi connectivity index (χ0n) is 15.9. The summed E-state index contributed by atoms with van der Waals surface area (Å²) in [5.41, 5.74) is 3.78. The third kappa shape index (κ3) is 3.54. The predicted octanol–water partition coefficient (Wildman–Crippen LogP) is 4.90. The van der Waals surface area contributed by atoms with Crippen LogP contribution in [0.3, 0.4) is 0 Å². The number of H-pyrrole nitrogens is 1. The van der Waals surface area contributed by atoms with Gasteiger partial charge in [-0.15, -0.1) is 11.3 Å². The zero-order valence-corrected chi connectivity index (χ0v) is 16.7. The van der Waals surface area contributed by atoms with Crippen LogP contribution in [-0.2, 0) is 9.53 Å². The van der Waals surface area contributed by atoms with Gasteiger partial charge < -0.3 is 9.72 Å². The highest BCUT2D eigenvalue weighted by atomic mass is 32.1. The number of aromatic amines is 1. The van der Waals surface area contributed by atoms with Gasteiger partial charge in [0.05, 0.1) is 18.6 Å². The summed E-state index contributed by atoms with van der Waals surface area (Å²) in [6.07, 6.45) is 1.73. The van der Waals surface area contributed by atoms with E-state index in [1.165, 1.54) is 27.0 Å². The van der Waals surface area contributed by atoms with Gasteiger partial charge in [0, 0.05) is 27.0 Å². The van der Waals surface area contributed by atoms with Gasteiger partial charge in [-0.2, -0.15) is 0 Å². The van der Waals surface area contributed by atoms with E-state index < -0.39 is 0 Å². The topological polar surface area (TPSA) is 45.3 Å². The van der Waals surface area contributed by atoms with Gasteiger partial charge in [-0.05, 0) is 57.3 Å². The van der Waals surface area contributed by atoms with E-state index >= 15 is 0 Å². The molecule has 0 radical (unpaired) electrons. The number of rotatable bonds is 5. The van der Waals surface area contributed by atoms with Gasteiger partial charge >= 0.3 is 5.97 Å². The molecule has 0 amide bonds. The SMILES string of the molecule is CCOC(=O)C1CCN([C@H](c2cccs2)c2c(C)[nH]c3ccccc23)CC1. The lowest BCUT2D eigenvalue weighted by atomic mass is 9.92. The predicted molar refractivity (Wildman–Crippen MR) is 110 cm³/mol. The van der Waals surface area contributed by atoms with Crippen LogP contribution in [0.1, 0.15) is 41.9 Å². The first-order valence-electron chi connectivity index (χ1n) is 9.70. The zero-order chi connectivity index (χ0) is 18.8. The summed E-state index contributed by atoms with van der Waals surface area (Å²) >= 11 is 1.81. The molecule has 4 rings (SSSR count). The molecule has 1 N–H and O–H groups in total. The quantitative estimate of drug-likeness (QED) is 0.638. The molecule has 1 aromatic carbocycles. The molecule has 0 saturated carbocycles. The van der Waals surface area contributed by atoms with Crippen molar-refractivity contribution in [3.8, 4) is 0 Å². The molecule has 5 heteroatoms. The fourth-order valence-corrected chi connectivity index (χ4v) is 5.12. The first-order chi connectivity index (χ1) is 13.2. The van der Waals surface area contributed by atoms with Gasteiger partial charge in [-0.3, -0.25) is 9.69 Å². The van der Waals surface area contributed by atoms with E-state index in [4.69, 9.17) is 4.74 Å². The van der Waals surface area contributed by atoms with Crippen molar-refractivity contribution in [2.24, 2.45) is 5.92 Å². The lowest BCUT2D eigenvalue weighted by Gasteiger charge is -2.37. The molecule has 2 aromatic heterocycles. The summed E-state index contributed by atoms with van der Waals surface area (Å²) < 4.78 is 5.24. The normalized spacial score (nSPS) is 17.3. The summed E-state index contributed by atoms with van der Waals surface area (Å²) in [6, 6.07) is 13.1. The first-order valence-corrected chi connectivity index (χ1v) is 10.6. The Balaban J connectivity index is 1.66. The van der Waals surface area contributed by atoms with Gasteiger partial charge in [0.25, 0.3) is 0 Å². The highest BCUT2D eigenvalue weighted by Crippen LogP contribution is 2.39. The van der Waals surface area contributed by atoms with Crippen molar-refractivity contribution in [1.82, 2.24) is 9.88 Å². The highest BCUT2D eigenvalue weighted by molar-refractivity contribution is 7.10. The average molecular weight is 383 g/mol. The number of carbonyl (C=O) groups is 1. The number of thiophene rings is 1. The summed E-state index contributed by atoms with van der Waals surface area (Å²) in [5, 5.41) is 3.44. The van der Waals surface area contributed by atoms with Crippen LogP contribution < -0.4 is 0 Å². The number of para-hydroxylation sites is 1. The molecule has 3 heterocycles. The van der Waals surface area contributed by atoms with Crippen molar-refractivity contribution in [2.75, 3.05) is 19.7 Å². The van der Waals surface area contributed by atoms with Crippen LogP contribution in [0.4, 0.5) is 0 Å². The Kier molecular flexibility index (Phi) is 5.32. The molecule has 0 unspecified atom stereocenters. The Morgan fingerprint density at radius 2 is 2.04 bits per heavy atom.